The molecule has 0 aromatic heterocycles. The molecular formula is C30H49N3O. The summed E-state index contributed by atoms with van der Waals surface area (Å²) < 4.78 is 5.63. The van der Waals surface area contributed by atoms with Gasteiger partial charge in [0.05, 0.1) is 6.10 Å². The first-order valence-electron chi connectivity index (χ1n) is 14.6. The van der Waals surface area contributed by atoms with Gasteiger partial charge in [-0.1, -0.05) is 26.2 Å². The highest BCUT2D eigenvalue weighted by Crippen LogP contribution is 2.53. The van der Waals surface area contributed by atoms with Gasteiger partial charge in [-0.15, -0.1) is 0 Å². The Hall–Kier alpha value is -1.26. The molecule has 0 atom stereocenters. The molecule has 2 heterocycles. The summed E-state index contributed by atoms with van der Waals surface area (Å²) in [6.07, 6.45) is 17.1. The fraction of sp³-hybridized carbons (Fsp3) is 0.800. The number of ether oxygens (including phenoxy) is 1. The molecular weight excluding hydrogens is 418 g/mol. The first-order chi connectivity index (χ1) is 16.7. The Balaban J connectivity index is 1.33. The molecule has 34 heavy (non-hydrogen) atoms. The largest absolute Gasteiger partial charge is 0.381 e. The number of anilines is 2. The van der Waals surface area contributed by atoms with E-state index < -0.39 is 0 Å². The van der Waals surface area contributed by atoms with E-state index in [9.17, 15) is 0 Å². The number of benzene rings is 1. The summed E-state index contributed by atoms with van der Waals surface area (Å²) in [7, 11) is 1.87. The van der Waals surface area contributed by atoms with Crippen LogP contribution in [0.15, 0.2) is 18.2 Å². The van der Waals surface area contributed by atoms with E-state index in [0.717, 1.165) is 31.8 Å². The maximum Gasteiger partial charge on any atom is 0.0605 e. The highest BCUT2D eigenvalue weighted by atomic mass is 16.5. The maximum absolute atomic E-state index is 5.63. The number of methoxy groups -OCH3 is 1. The van der Waals surface area contributed by atoms with E-state index in [1.54, 1.807) is 11.3 Å². The number of hydrogen-bond donors (Lipinski definition) is 0. The number of piperidine rings is 1. The summed E-state index contributed by atoms with van der Waals surface area (Å²) in [6.45, 7) is 10.7. The van der Waals surface area contributed by atoms with Crippen LogP contribution in [0.25, 0.3) is 0 Å². The SMILES string of the molecule is CCCCN1CCN(c2ccc(N3CCC(OC)CC3)cc2C2CCC3(CCCC3)CC2)CC1. The van der Waals surface area contributed by atoms with Gasteiger partial charge in [-0.05, 0) is 99.4 Å². The summed E-state index contributed by atoms with van der Waals surface area (Å²) in [5, 5.41) is 0. The van der Waals surface area contributed by atoms with E-state index in [0.29, 0.717) is 11.5 Å². The minimum atomic E-state index is 0.444. The summed E-state index contributed by atoms with van der Waals surface area (Å²) in [5.74, 6) is 0.746. The Morgan fingerprint density at radius 2 is 1.56 bits per heavy atom. The lowest BCUT2D eigenvalue weighted by atomic mass is 9.68. The number of nitrogens with zero attached hydrogens (tertiary/aromatic N) is 3. The molecule has 4 nitrogen and oxygen atoms in total. The summed E-state index contributed by atoms with van der Waals surface area (Å²) in [4.78, 5) is 8.02. The van der Waals surface area contributed by atoms with Crippen LogP contribution >= 0.6 is 0 Å². The van der Waals surface area contributed by atoms with Crippen LogP contribution in [0.4, 0.5) is 11.4 Å². The maximum atomic E-state index is 5.63. The van der Waals surface area contributed by atoms with Gasteiger partial charge in [-0.2, -0.15) is 0 Å². The van der Waals surface area contributed by atoms with E-state index in [1.807, 2.05) is 7.11 Å². The van der Waals surface area contributed by atoms with Gasteiger partial charge >= 0.3 is 0 Å². The van der Waals surface area contributed by atoms with E-state index in [-0.39, 0.29) is 0 Å². The van der Waals surface area contributed by atoms with Crippen molar-refractivity contribution < 1.29 is 4.74 Å². The number of hydrogen-bond acceptors (Lipinski definition) is 4. The fourth-order valence-electron chi connectivity index (χ4n) is 7.46. The second-order valence-electron chi connectivity index (χ2n) is 11.8. The Labute approximate surface area is 209 Å². The van der Waals surface area contributed by atoms with E-state index in [1.165, 1.54) is 103 Å². The van der Waals surface area contributed by atoms with Crippen LogP contribution in [0.2, 0.25) is 0 Å². The van der Waals surface area contributed by atoms with Crippen molar-refractivity contribution in [3.8, 4) is 0 Å². The molecule has 4 heteroatoms. The lowest BCUT2D eigenvalue weighted by Crippen LogP contribution is -2.47. The van der Waals surface area contributed by atoms with Gasteiger partial charge in [0.25, 0.3) is 0 Å². The van der Waals surface area contributed by atoms with Crippen molar-refractivity contribution in [2.45, 2.75) is 96.0 Å². The molecule has 0 N–H and O–H groups in total. The Bertz CT molecular complexity index is 763. The van der Waals surface area contributed by atoms with Crippen LogP contribution in [-0.4, -0.2) is 63.9 Å². The van der Waals surface area contributed by atoms with Crippen molar-refractivity contribution in [1.29, 1.82) is 0 Å². The van der Waals surface area contributed by atoms with Gasteiger partial charge in [-0.3, -0.25) is 4.90 Å². The third kappa shape index (κ3) is 5.43. The van der Waals surface area contributed by atoms with Gasteiger partial charge in [0.15, 0.2) is 0 Å². The van der Waals surface area contributed by atoms with Crippen LogP contribution < -0.4 is 9.80 Å². The van der Waals surface area contributed by atoms with Crippen LogP contribution in [0.5, 0.6) is 0 Å². The minimum absolute atomic E-state index is 0.444. The summed E-state index contributed by atoms with van der Waals surface area (Å²) in [6, 6.07) is 7.54. The number of unbranched alkanes of at least 4 members (excludes halogenated alkanes) is 1. The van der Waals surface area contributed by atoms with Gasteiger partial charge in [0.2, 0.25) is 0 Å². The van der Waals surface area contributed by atoms with Crippen molar-refractivity contribution in [3.05, 3.63) is 23.8 Å². The summed E-state index contributed by atoms with van der Waals surface area (Å²) >= 11 is 0. The van der Waals surface area contributed by atoms with E-state index >= 15 is 0 Å². The van der Waals surface area contributed by atoms with Gasteiger partial charge in [0, 0.05) is 57.8 Å². The third-order valence-electron chi connectivity index (χ3n) is 9.84. The molecule has 5 rings (SSSR count). The van der Waals surface area contributed by atoms with Crippen LogP contribution in [-0.2, 0) is 4.74 Å². The summed E-state index contributed by atoms with van der Waals surface area (Å²) in [5.41, 5.74) is 5.39. The lowest BCUT2D eigenvalue weighted by Gasteiger charge is -2.41. The predicted molar refractivity (Wildman–Crippen MR) is 144 cm³/mol. The highest BCUT2D eigenvalue weighted by molar-refractivity contribution is 5.63. The predicted octanol–water partition coefficient (Wildman–Crippen LogP) is 6.44. The van der Waals surface area contributed by atoms with Gasteiger partial charge in [-0.25, -0.2) is 0 Å². The van der Waals surface area contributed by atoms with Crippen molar-refractivity contribution in [2.24, 2.45) is 5.41 Å². The van der Waals surface area contributed by atoms with Crippen LogP contribution in [0.1, 0.15) is 95.5 Å². The fourth-order valence-corrected chi connectivity index (χ4v) is 7.46. The molecule has 2 aliphatic carbocycles. The molecule has 2 aliphatic heterocycles. The van der Waals surface area contributed by atoms with E-state index in [4.69, 9.17) is 4.74 Å². The lowest BCUT2D eigenvalue weighted by molar-refractivity contribution is 0.0819. The molecule has 0 bridgehead atoms. The molecule has 190 valence electrons. The smallest absolute Gasteiger partial charge is 0.0605 e. The second kappa shape index (κ2) is 11.2. The molecule has 4 fully saturated rings. The highest BCUT2D eigenvalue weighted by Gasteiger charge is 2.38. The van der Waals surface area contributed by atoms with Crippen LogP contribution in [0.3, 0.4) is 0 Å². The normalized spacial score (nSPS) is 24.9. The number of piperazine rings is 1. The Kier molecular flexibility index (Phi) is 8.05. The van der Waals surface area contributed by atoms with E-state index in [2.05, 4.69) is 39.8 Å². The standard InChI is InChI=1S/C30H49N3O/c1-3-4-17-31-20-22-33(23-21-31)29-8-7-26(32-18-11-27(34-2)12-19-32)24-28(29)25-9-15-30(16-10-25)13-5-6-14-30/h7-8,24-25,27H,3-6,9-23H2,1-2H3. The van der Waals surface area contributed by atoms with Gasteiger partial charge in [0.1, 0.15) is 0 Å². The van der Waals surface area contributed by atoms with Crippen molar-refractivity contribution >= 4 is 11.4 Å². The molecule has 1 aromatic rings. The third-order valence-corrected chi connectivity index (χ3v) is 9.84. The average Bonchev–Trinajstić information content (AvgIpc) is 3.36. The zero-order valence-electron chi connectivity index (χ0n) is 22.1. The second-order valence-corrected chi connectivity index (χ2v) is 11.8. The Morgan fingerprint density at radius 3 is 2.21 bits per heavy atom. The van der Waals surface area contributed by atoms with Crippen LogP contribution in [0, 0.1) is 5.41 Å². The molecule has 2 saturated heterocycles. The zero-order valence-corrected chi connectivity index (χ0v) is 22.1. The monoisotopic (exact) mass is 467 g/mol. The topological polar surface area (TPSA) is 19.0 Å². The average molecular weight is 468 g/mol. The molecule has 4 aliphatic rings. The van der Waals surface area contributed by atoms with Gasteiger partial charge < -0.3 is 14.5 Å². The number of rotatable bonds is 7. The first kappa shape index (κ1) is 24.4. The van der Waals surface area contributed by atoms with Crippen molar-refractivity contribution in [3.63, 3.8) is 0 Å². The molecule has 1 aromatic carbocycles. The first-order valence-corrected chi connectivity index (χ1v) is 14.6. The molecule has 2 saturated carbocycles. The minimum Gasteiger partial charge on any atom is -0.381 e. The zero-order chi connectivity index (χ0) is 23.4. The quantitative estimate of drug-likeness (QED) is 0.459. The molecule has 0 unspecified atom stereocenters. The van der Waals surface area contributed by atoms with Crippen molar-refractivity contribution in [1.82, 2.24) is 4.90 Å². The van der Waals surface area contributed by atoms with Crippen molar-refractivity contribution in [2.75, 3.05) is 62.7 Å². The molecule has 1 spiro atoms. The molecule has 0 amide bonds. The molecule has 0 radical (unpaired) electrons. The Morgan fingerprint density at radius 1 is 0.853 bits per heavy atom.